The minimum Gasteiger partial charge on any atom is -0.346 e. The Morgan fingerprint density at radius 2 is 0.727 bits per heavy atom. The summed E-state index contributed by atoms with van der Waals surface area (Å²) in [6.07, 6.45) is 0. The zero-order valence-corrected chi connectivity index (χ0v) is 13.3. The number of fused-ring (bicyclic) bond motifs is 2. The van der Waals surface area contributed by atoms with Crippen LogP contribution in [-0.4, -0.2) is 28.4 Å². The highest BCUT2D eigenvalue weighted by molar-refractivity contribution is 5.54. The van der Waals surface area contributed by atoms with Crippen molar-refractivity contribution >= 4 is 0 Å². The van der Waals surface area contributed by atoms with Crippen molar-refractivity contribution in [3.63, 3.8) is 0 Å². The van der Waals surface area contributed by atoms with Gasteiger partial charge in [-0.3, -0.25) is 0 Å². The van der Waals surface area contributed by atoms with Gasteiger partial charge in [0.15, 0.2) is 0 Å². The molecule has 0 atom stereocenters. The molecule has 0 unspecified atom stereocenters. The van der Waals surface area contributed by atoms with Crippen LogP contribution in [0.5, 0.6) is 0 Å². The molecule has 0 spiro atoms. The molecule has 116 valence electrons. The number of hydrogen-bond donors (Lipinski definition) is 0. The van der Waals surface area contributed by atoms with Gasteiger partial charge in [-0.25, -0.2) is 0 Å². The Morgan fingerprint density at radius 3 is 0.909 bits per heavy atom. The third kappa shape index (κ3) is 1.72. The molecule has 0 radical (unpaired) electrons. The van der Waals surface area contributed by atoms with Crippen LogP contribution in [0.3, 0.4) is 0 Å². The Morgan fingerprint density at radius 1 is 0.500 bits per heavy atom. The van der Waals surface area contributed by atoms with E-state index < -0.39 is 11.6 Å². The van der Waals surface area contributed by atoms with Crippen molar-refractivity contribution < 1.29 is 18.9 Å². The fraction of sp³-hybridized carbons (Fsp3) is 0.333. The van der Waals surface area contributed by atoms with Crippen LogP contribution in [0.2, 0.25) is 0 Å². The summed E-state index contributed by atoms with van der Waals surface area (Å²) in [5.41, 5.74) is 3.51. The SMILES string of the molecule is COC1(OC)c2ccccc2C(OC)(OC)c2ccccc21. The van der Waals surface area contributed by atoms with Crippen molar-refractivity contribution in [3.8, 4) is 0 Å². The van der Waals surface area contributed by atoms with Crippen LogP contribution >= 0.6 is 0 Å². The number of ether oxygens (including phenoxy) is 4. The maximum absolute atomic E-state index is 5.83. The van der Waals surface area contributed by atoms with Crippen LogP contribution in [0.4, 0.5) is 0 Å². The van der Waals surface area contributed by atoms with E-state index >= 15 is 0 Å². The van der Waals surface area contributed by atoms with Gasteiger partial charge in [0.2, 0.25) is 11.6 Å². The van der Waals surface area contributed by atoms with E-state index in [-0.39, 0.29) is 0 Å². The van der Waals surface area contributed by atoms with E-state index in [1.165, 1.54) is 0 Å². The minimum atomic E-state index is -0.978. The Balaban J connectivity index is 2.44. The van der Waals surface area contributed by atoms with E-state index in [1.807, 2.05) is 48.5 Å². The van der Waals surface area contributed by atoms with Crippen molar-refractivity contribution in [1.29, 1.82) is 0 Å². The summed E-state index contributed by atoms with van der Waals surface area (Å²) in [5, 5.41) is 0. The van der Waals surface area contributed by atoms with Crippen LogP contribution in [0.1, 0.15) is 22.3 Å². The van der Waals surface area contributed by atoms with Gasteiger partial charge in [-0.15, -0.1) is 0 Å². The first-order valence-corrected chi connectivity index (χ1v) is 7.10. The molecule has 0 aliphatic heterocycles. The number of rotatable bonds is 4. The molecular formula is C18H20O4. The van der Waals surface area contributed by atoms with Crippen molar-refractivity contribution in [2.45, 2.75) is 11.6 Å². The molecule has 4 heteroatoms. The highest BCUT2D eigenvalue weighted by Gasteiger charge is 2.52. The molecule has 0 fully saturated rings. The molecule has 0 heterocycles. The molecule has 2 aromatic rings. The molecule has 4 nitrogen and oxygen atoms in total. The predicted octanol–water partition coefficient (Wildman–Crippen LogP) is 2.99. The Bertz CT molecular complexity index is 563. The molecule has 1 aliphatic rings. The second-order valence-electron chi connectivity index (χ2n) is 5.14. The van der Waals surface area contributed by atoms with E-state index in [1.54, 1.807) is 28.4 Å². The van der Waals surface area contributed by atoms with E-state index in [0.29, 0.717) is 0 Å². The van der Waals surface area contributed by atoms with E-state index in [0.717, 1.165) is 22.3 Å². The number of hydrogen-bond acceptors (Lipinski definition) is 4. The van der Waals surface area contributed by atoms with Crippen molar-refractivity contribution in [1.82, 2.24) is 0 Å². The lowest BCUT2D eigenvalue weighted by Crippen LogP contribution is -2.46. The van der Waals surface area contributed by atoms with Gasteiger partial charge in [0.25, 0.3) is 0 Å². The summed E-state index contributed by atoms with van der Waals surface area (Å²) >= 11 is 0. The normalized spacial score (nSPS) is 17.6. The Hall–Kier alpha value is -1.72. The fourth-order valence-corrected chi connectivity index (χ4v) is 3.45. The van der Waals surface area contributed by atoms with Crippen LogP contribution in [0.25, 0.3) is 0 Å². The quantitative estimate of drug-likeness (QED) is 0.814. The molecule has 0 saturated carbocycles. The van der Waals surface area contributed by atoms with E-state index in [9.17, 15) is 0 Å². The number of benzene rings is 2. The third-order valence-electron chi connectivity index (χ3n) is 4.42. The lowest BCUT2D eigenvalue weighted by Gasteiger charge is -2.45. The second-order valence-corrected chi connectivity index (χ2v) is 5.14. The smallest absolute Gasteiger partial charge is 0.222 e. The first-order valence-electron chi connectivity index (χ1n) is 7.10. The lowest BCUT2D eigenvalue weighted by molar-refractivity contribution is -0.221. The third-order valence-corrected chi connectivity index (χ3v) is 4.42. The Kier molecular flexibility index (Phi) is 3.78. The van der Waals surface area contributed by atoms with E-state index in [4.69, 9.17) is 18.9 Å². The minimum absolute atomic E-state index is 0.877. The molecule has 0 bridgehead atoms. The van der Waals surface area contributed by atoms with Crippen LogP contribution in [0.15, 0.2) is 48.5 Å². The lowest BCUT2D eigenvalue weighted by atomic mass is 9.77. The fourth-order valence-electron chi connectivity index (χ4n) is 3.45. The maximum atomic E-state index is 5.83. The van der Waals surface area contributed by atoms with Gasteiger partial charge < -0.3 is 18.9 Å². The van der Waals surface area contributed by atoms with Crippen molar-refractivity contribution in [2.24, 2.45) is 0 Å². The van der Waals surface area contributed by atoms with Crippen LogP contribution < -0.4 is 0 Å². The summed E-state index contributed by atoms with van der Waals surface area (Å²) < 4.78 is 23.3. The molecule has 22 heavy (non-hydrogen) atoms. The van der Waals surface area contributed by atoms with Crippen LogP contribution in [-0.2, 0) is 30.5 Å². The summed E-state index contributed by atoms with van der Waals surface area (Å²) in [6.45, 7) is 0. The van der Waals surface area contributed by atoms with Gasteiger partial charge in [-0.05, 0) is 0 Å². The molecular weight excluding hydrogens is 280 g/mol. The van der Waals surface area contributed by atoms with Gasteiger partial charge in [0.1, 0.15) is 0 Å². The zero-order valence-electron chi connectivity index (χ0n) is 13.3. The maximum Gasteiger partial charge on any atom is 0.222 e. The summed E-state index contributed by atoms with van der Waals surface area (Å²) in [5.74, 6) is -1.96. The first-order chi connectivity index (χ1) is 10.7. The topological polar surface area (TPSA) is 36.9 Å². The second kappa shape index (κ2) is 5.48. The summed E-state index contributed by atoms with van der Waals surface area (Å²) in [4.78, 5) is 0. The first kappa shape index (κ1) is 15.2. The van der Waals surface area contributed by atoms with Gasteiger partial charge in [0, 0.05) is 50.7 Å². The van der Waals surface area contributed by atoms with Crippen molar-refractivity contribution in [3.05, 3.63) is 70.8 Å². The molecule has 0 aromatic heterocycles. The van der Waals surface area contributed by atoms with E-state index in [2.05, 4.69) is 0 Å². The molecule has 3 rings (SSSR count). The van der Waals surface area contributed by atoms with Crippen molar-refractivity contribution in [2.75, 3.05) is 28.4 Å². The molecule has 1 aliphatic carbocycles. The van der Waals surface area contributed by atoms with Gasteiger partial charge in [0.05, 0.1) is 0 Å². The average molecular weight is 300 g/mol. The molecule has 0 saturated heterocycles. The molecule has 2 aromatic carbocycles. The van der Waals surface area contributed by atoms with Crippen LogP contribution in [0, 0.1) is 0 Å². The van der Waals surface area contributed by atoms with Gasteiger partial charge >= 0.3 is 0 Å². The highest BCUT2D eigenvalue weighted by Crippen LogP contribution is 2.51. The largest absolute Gasteiger partial charge is 0.346 e. The van der Waals surface area contributed by atoms with Gasteiger partial charge in [-0.1, -0.05) is 48.5 Å². The zero-order chi connectivity index (χ0) is 15.8. The Labute approximate surface area is 130 Å². The summed E-state index contributed by atoms with van der Waals surface area (Å²) in [7, 11) is 6.57. The average Bonchev–Trinajstić information content (AvgIpc) is 2.60. The molecule has 0 amide bonds. The summed E-state index contributed by atoms with van der Waals surface area (Å²) in [6, 6.07) is 15.7. The molecule has 0 N–H and O–H groups in total. The highest BCUT2D eigenvalue weighted by atomic mass is 16.7. The monoisotopic (exact) mass is 300 g/mol. The number of methoxy groups -OCH3 is 4. The van der Waals surface area contributed by atoms with Gasteiger partial charge in [-0.2, -0.15) is 0 Å². The predicted molar refractivity (Wildman–Crippen MR) is 82.5 cm³/mol. The standard InChI is InChI=1S/C18H20O4/c1-19-17(20-2)13-9-5-7-11-15(13)18(21-3,22-4)16-12-8-6-10-14(16)17/h5-12H,1-4H3.